The summed E-state index contributed by atoms with van der Waals surface area (Å²) in [6.45, 7) is 2.68. The summed E-state index contributed by atoms with van der Waals surface area (Å²) in [5.74, 6) is -0.669. The van der Waals surface area contributed by atoms with Gasteiger partial charge in [0, 0.05) is 18.5 Å². The zero-order chi connectivity index (χ0) is 19.5. The highest BCUT2D eigenvalue weighted by atomic mass is 19.1. The largest absolute Gasteiger partial charge is 0.351 e. The summed E-state index contributed by atoms with van der Waals surface area (Å²) < 4.78 is 20.0. The third kappa shape index (κ3) is 2.41. The summed E-state index contributed by atoms with van der Waals surface area (Å²) in [6.07, 6.45) is 0.816. The lowest BCUT2D eigenvalue weighted by atomic mass is 10.0. The quantitative estimate of drug-likeness (QED) is 0.805. The van der Waals surface area contributed by atoms with Crippen LogP contribution in [0.2, 0.25) is 0 Å². The number of hydrogen-bond donors (Lipinski definition) is 0. The Kier molecular flexibility index (Phi) is 3.81. The monoisotopic (exact) mass is 380 g/mol. The van der Waals surface area contributed by atoms with Gasteiger partial charge in [0.25, 0.3) is 5.91 Å². The van der Waals surface area contributed by atoms with E-state index in [4.69, 9.17) is 4.74 Å². The third-order valence-corrected chi connectivity index (χ3v) is 6.19. The Bertz CT molecular complexity index is 943. The van der Waals surface area contributed by atoms with Crippen molar-refractivity contribution in [1.29, 1.82) is 0 Å². The van der Waals surface area contributed by atoms with Crippen LogP contribution in [0.25, 0.3) is 0 Å². The molecule has 0 unspecified atom stereocenters. The minimum absolute atomic E-state index is 0.00396. The molecule has 2 aromatic carbocycles. The van der Waals surface area contributed by atoms with E-state index in [2.05, 4.69) is 0 Å². The van der Waals surface area contributed by atoms with Gasteiger partial charge >= 0.3 is 0 Å². The van der Waals surface area contributed by atoms with Crippen molar-refractivity contribution in [1.82, 2.24) is 9.80 Å². The molecular formula is C22H21FN2O3. The number of aryl methyl sites for hydroxylation is 1. The second-order valence-electron chi connectivity index (χ2n) is 7.83. The molecule has 3 saturated heterocycles. The van der Waals surface area contributed by atoms with Crippen LogP contribution in [0, 0.1) is 12.7 Å². The molecule has 0 aromatic heterocycles. The summed E-state index contributed by atoms with van der Waals surface area (Å²) in [6, 6.07) is 13.7. The van der Waals surface area contributed by atoms with Crippen LogP contribution in [0.5, 0.6) is 0 Å². The summed E-state index contributed by atoms with van der Waals surface area (Å²) in [5.41, 5.74) is 1.29. The van der Waals surface area contributed by atoms with Gasteiger partial charge in [0.15, 0.2) is 5.72 Å². The fourth-order valence-electron chi connectivity index (χ4n) is 5.03. The van der Waals surface area contributed by atoms with Gasteiger partial charge < -0.3 is 14.5 Å². The van der Waals surface area contributed by atoms with Gasteiger partial charge in [0.1, 0.15) is 5.82 Å². The molecule has 2 aromatic rings. The Balaban J connectivity index is 1.47. The number of likely N-dealkylation sites (tertiary alicyclic amines) is 1. The van der Waals surface area contributed by atoms with E-state index in [1.807, 2.05) is 35.2 Å². The van der Waals surface area contributed by atoms with Gasteiger partial charge in [-0.25, -0.2) is 4.39 Å². The van der Waals surface area contributed by atoms with E-state index in [1.165, 1.54) is 12.1 Å². The van der Waals surface area contributed by atoms with E-state index in [0.717, 1.165) is 5.56 Å². The first-order chi connectivity index (χ1) is 13.5. The number of rotatable bonds is 2. The number of carbonyl (C=O) groups excluding carboxylic acids is 2. The maximum atomic E-state index is 13.8. The number of benzene rings is 2. The first kappa shape index (κ1) is 17.4. The van der Waals surface area contributed by atoms with Gasteiger partial charge in [-0.1, -0.05) is 30.3 Å². The van der Waals surface area contributed by atoms with E-state index in [1.54, 1.807) is 17.9 Å². The first-order valence-corrected chi connectivity index (χ1v) is 9.59. The lowest BCUT2D eigenvalue weighted by Gasteiger charge is -2.33. The summed E-state index contributed by atoms with van der Waals surface area (Å²) in [5, 5.41) is 0. The van der Waals surface area contributed by atoms with Crippen molar-refractivity contribution < 1.29 is 18.7 Å². The molecule has 0 aliphatic carbocycles. The Hall–Kier alpha value is -2.73. The van der Waals surface area contributed by atoms with Gasteiger partial charge in [0.05, 0.1) is 25.1 Å². The van der Waals surface area contributed by atoms with Crippen molar-refractivity contribution in [3.05, 3.63) is 71.0 Å². The average molecular weight is 380 g/mol. The third-order valence-electron chi connectivity index (χ3n) is 6.19. The molecule has 6 heteroatoms. The molecule has 144 valence electrons. The Labute approximate surface area is 162 Å². The fraction of sp³-hybridized carbons (Fsp3) is 0.364. The molecule has 2 amide bonds. The van der Waals surface area contributed by atoms with Crippen LogP contribution in [0.3, 0.4) is 0 Å². The highest BCUT2D eigenvalue weighted by Crippen LogP contribution is 2.51. The number of carbonyl (C=O) groups is 2. The van der Waals surface area contributed by atoms with Crippen molar-refractivity contribution in [2.75, 3.05) is 13.2 Å². The molecule has 3 aliphatic rings. The van der Waals surface area contributed by atoms with E-state index < -0.39 is 11.5 Å². The zero-order valence-corrected chi connectivity index (χ0v) is 15.6. The Morgan fingerprint density at radius 3 is 2.75 bits per heavy atom. The molecule has 3 fully saturated rings. The molecule has 1 spiro atoms. The van der Waals surface area contributed by atoms with Gasteiger partial charge in [-0.2, -0.15) is 0 Å². The standard InChI is InChI=1S/C22H21FN2O3/c1-14-9-16(11-17(23)10-14)21(27)24-8-7-22-19(24)12-20(26)25(22)18(13-28-22)15-5-3-2-4-6-15/h2-6,9-11,18-19H,7-8,12-13H2,1H3/t18-,19+,22-/m0/s1. The molecule has 3 aliphatic heterocycles. The topological polar surface area (TPSA) is 49.9 Å². The molecule has 3 heterocycles. The molecule has 0 N–H and O–H groups in total. The average Bonchev–Trinajstić information content (AvgIpc) is 3.30. The molecular weight excluding hydrogens is 359 g/mol. The van der Waals surface area contributed by atoms with Crippen LogP contribution in [-0.2, 0) is 9.53 Å². The lowest BCUT2D eigenvalue weighted by Crippen LogP contribution is -2.49. The van der Waals surface area contributed by atoms with Gasteiger partial charge in [-0.15, -0.1) is 0 Å². The maximum absolute atomic E-state index is 13.8. The van der Waals surface area contributed by atoms with Crippen LogP contribution in [0.4, 0.5) is 4.39 Å². The second kappa shape index (κ2) is 6.14. The number of nitrogens with zero attached hydrogens (tertiary/aromatic N) is 2. The van der Waals surface area contributed by atoms with Crippen molar-refractivity contribution in [3.8, 4) is 0 Å². The van der Waals surface area contributed by atoms with Gasteiger partial charge in [-0.3, -0.25) is 9.59 Å². The predicted octanol–water partition coefficient (Wildman–Crippen LogP) is 3.05. The molecule has 5 nitrogen and oxygen atoms in total. The lowest BCUT2D eigenvalue weighted by molar-refractivity contribution is -0.138. The van der Waals surface area contributed by atoms with E-state index in [-0.39, 0.29) is 30.3 Å². The molecule has 0 radical (unpaired) electrons. The van der Waals surface area contributed by atoms with E-state index in [9.17, 15) is 14.0 Å². The minimum Gasteiger partial charge on any atom is -0.351 e. The zero-order valence-electron chi connectivity index (χ0n) is 15.6. The molecule has 0 saturated carbocycles. The van der Waals surface area contributed by atoms with Crippen molar-refractivity contribution >= 4 is 11.8 Å². The van der Waals surface area contributed by atoms with Gasteiger partial charge in [0.2, 0.25) is 5.91 Å². The number of halogens is 1. The molecule has 3 atom stereocenters. The summed E-state index contributed by atoms with van der Waals surface area (Å²) in [4.78, 5) is 29.6. The van der Waals surface area contributed by atoms with Crippen LogP contribution in [0.15, 0.2) is 48.5 Å². The van der Waals surface area contributed by atoms with Crippen LogP contribution >= 0.6 is 0 Å². The highest BCUT2D eigenvalue weighted by Gasteiger charge is 2.65. The van der Waals surface area contributed by atoms with E-state index in [0.29, 0.717) is 30.7 Å². The van der Waals surface area contributed by atoms with Crippen molar-refractivity contribution in [3.63, 3.8) is 0 Å². The molecule has 5 rings (SSSR count). The van der Waals surface area contributed by atoms with Crippen LogP contribution in [-0.4, -0.2) is 46.5 Å². The SMILES string of the molecule is Cc1cc(F)cc(C(=O)N2CC[C@@]34OC[C@@H](c5ccccc5)N3C(=O)C[C@@H]24)c1. The molecule has 28 heavy (non-hydrogen) atoms. The maximum Gasteiger partial charge on any atom is 0.254 e. The van der Waals surface area contributed by atoms with Gasteiger partial charge in [-0.05, 0) is 36.2 Å². The second-order valence-corrected chi connectivity index (χ2v) is 7.83. The number of amides is 2. The van der Waals surface area contributed by atoms with E-state index >= 15 is 0 Å². The smallest absolute Gasteiger partial charge is 0.254 e. The summed E-state index contributed by atoms with van der Waals surface area (Å²) in [7, 11) is 0. The van der Waals surface area contributed by atoms with Crippen LogP contribution < -0.4 is 0 Å². The van der Waals surface area contributed by atoms with Crippen molar-refractivity contribution in [2.24, 2.45) is 0 Å². The fourth-order valence-corrected chi connectivity index (χ4v) is 5.03. The van der Waals surface area contributed by atoms with Crippen LogP contribution in [0.1, 0.15) is 40.4 Å². The Morgan fingerprint density at radius 1 is 1.21 bits per heavy atom. The highest BCUT2D eigenvalue weighted by molar-refractivity contribution is 5.96. The Morgan fingerprint density at radius 2 is 2.00 bits per heavy atom. The normalized spacial score (nSPS) is 28.6. The number of ether oxygens (including phenoxy) is 1. The minimum atomic E-state index is -0.768. The molecule has 0 bridgehead atoms. The predicted molar refractivity (Wildman–Crippen MR) is 99.9 cm³/mol. The first-order valence-electron chi connectivity index (χ1n) is 9.59. The van der Waals surface area contributed by atoms with Crippen molar-refractivity contribution in [2.45, 2.75) is 37.6 Å². The number of hydrogen-bond acceptors (Lipinski definition) is 3. The summed E-state index contributed by atoms with van der Waals surface area (Å²) >= 11 is 0.